The zero-order chi connectivity index (χ0) is 14.1. The van der Waals surface area contributed by atoms with Crippen molar-refractivity contribution >= 4 is 32.7 Å². The zero-order valence-electron chi connectivity index (χ0n) is 11.4. The molecule has 3 aromatic rings. The van der Waals surface area contributed by atoms with Crippen LogP contribution in [0, 0.1) is 6.92 Å². The number of hydrogen-bond acceptors (Lipinski definition) is 3. The Morgan fingerprint density at radius 3 is 2.90 bits per heavy atom. The summed E-state index contributed by atoms with van der Waals surface area (Å²) in [4.78, 5) is 6.57. The molecule has 4 heteroatoms. The van der Waals surface area contributed by atoms with Crippen LogP contribution in [-0.2, 0) is 6.54 Å². The third-order valence-electron chi connectivity index (χ3n) is 3.39. The van der Waals surface area contributed by atoms with Gasteiger partial charge in [-0.3, -0.25) is 0 Å². The molecule has 0 aliphatic heterocycles. The van der Waals surface area contributed by atoms with Gasteiger partial charge in [-0.15, -0.1) is 0 Å². The number of pyridine rings is 1. The Bertz CT molecular complexity index is 751. The Morgan fingerprint density at radius 1 is 1.30 bits per heavy atom. The molecule has 0 unspecified atom stereocenters. The number of fused-ring (bicyclic) bond motifs is 1. The maximum atomic E-state index is 5.57. The van der Waals surface area contributed by atoms with Crippen LogP contribution < -0.4 is 4.90 Å². The first kappa shape index (κ1) is 13.2. The van der Waals surface area contributed by atoms with E-state index in [9.17, 15) is 0 Å². The molecule has 20 heavy (non-hydrogen) atoms. The summed E-state index contributed by atoms with van der Waals surface area (Å²) in [6.07, 6.45) is 3.67. The lowest BCUT2D eigenvalue weighted by atomic mass is 10.1. The largest absolute Gasteiger partial charge is 0.464 e. The van der Waals surface area contributed by atoms with Crippen molar-refractivity contribution in [1.82, 2.24) is 4.98 Å². The second-order valence-electron chi connectivity index (χ2n) is 4.90. The van der Waals surface area contributed by atoms with Gasteiger partial charge in [-0.05, 0) is 40.5 Å². The summed E-state index contributed by atoms with van der Waals surface area (Å²) in [6.45, 7) is 2.83. The molecule has 0 saturated heterocycles. The predicted molar refractivity (Wildman–Crippen MR) is 85.0 cm³/mol. The number of benzene rings is 1. The summed E-state index contributed by atoms with van der Waals surface area (Å²) in [5.74, 6) is 0.955. The van der Waals surface area contributed by atoms with Gasteiger partial charge >= 0.3 is 0 Å². The van der Waals surface area contributed by atoms with Gasteiger partial charge in [0, 0.05) is 35.2 Å². The number of aryl methyl sites for hydroxylation is 1. The van der Waals surface area contributed by atoms with E-state index in [1.165, 1.54) is 11.1 Å². The Labute approximate surface area is 126 Å². The number of furan rings is 1. The van der Waals surface area contributed by atoms with E-state index in [4.69, 9.17) is 4.42 Å². The number of para-hydroxylation sites is 1. The molecule has 3 rings (SSSR count). The van der Waals surface area contributed by atoms with Crippen molar-refractivity contribution in [2.24, 2.45) is 0 Å². The van der Waals surface area contributed by atoms with Crippen molar-refractivity contribution in [1.29, 1.82) is 0 Å². The molecular formula is C16H15BrN2O. The minimum atomic E-state index is 0.769. The second-order valence-corrected chi connectivity index (χ2v) is 5.76. The molecular weight excluding hydrogens is 316 g/mol. The standard InChI is InChI=1S/C16H15BrN2O/c1-11-7-16(18-8-14(11)17)19(2)9-12-10-20-15-6-4-3-5-13(12)15/h3-8,10H,9H2,1-2H3. The van der Waals surface area contributed by atoms with Crippen molar-refractivity contribution in [3.05, 3.63) is 58.4 Å². The van der Waals surface area contributed by atoms with Crippen LogP contribution in [0.3, 0.4) is 0 Å². The van der Waals surface area contributed by atoms with Crippen LogP contribution in [-0.4, -0.2) is 12.0 Å². The van der Waals surface area contributed by atoms with Gasteiger partial charge in [0.1, 0.15) is 11.4 Å². The fourth-order valence-electron chi connectivity index (χ4n) is 2.22. The molecule has 2 heterocycles. The number of anilines is 1. The fraction of sp³-hybridized carbons (Fsp3) is 0.188. The van der Waals surface area contributed by atoms with Gasteiger partial charge in [0.2, 0.25) is 0 Å². The van der Waals surface area contributed by atoms with Crippen LogP contribution in [0.25, 0.3) is 11.0 Å². The van der Waals surface area contributed by atoms with E-state index in [2.05, 4.69) is 44.9 Å². The van der Waals surface area contributed by atoms with E-state index in [0.717, 1.165) is 27.8 Å². The first-order valence-corrected chi connectivity index (χ1v) is 7.23. The molecule has 0 amide bonds. The molecule has 0 N–H and O–H groups in total. The highest BCUT2D eigenvalue weighted by atomic mass is 79.9. The molecule has 2 aromatic heterocycles. The Hall–Kier alpha value is -1.81. The molecule has 0 fully saturated rings. The summed E-state index contributed by atoms with van der Waals surface area (Å²) in [5.41, 5.74) is 3.28. The molecule has 3 nitrogen and oxygen atoms in total. The molecule has 0 spiro atoms. The quantitative estimate of drug-likeness (QED) is 0.706. The summed E-state index contributed by atoms with van der Waals surface area (Å²) in [7, 11) is 2.04. The van der Waals surface area contributed by atoms with Gasteiger partial charge in [-0.1, -0.05) is 18.2 Å². The molecule has 0 aliphatic rings. The highest BCUT2D eigenvalue weighted by Crippen LogP contribution is 2.24. The Morgan fingerprint density at radius 2 is 2.10 bits per heavy atom. The van der Waals surface area contributed by atoms with E-state index in [0.29, 0.717) is 0 Å². The molecule has 0 atom stereocenters. The third-order valence-corrected chi connectivity index (χ3v) is 4.22. The molecule has 0 aliphatic carbocycles. The van der Waals surface area contributed by atoms with Gasteiger partial charge in [0.25, 0.3) is 0 Å². The Balaban J connectivity index is 1.88. The lowest BCUT2D eigenvalue weighted by molar-refractivity contribution is 0.609. The minimum absolute atomic E-state index is 0.769. The van der Waals surface area contributed by atoms with Crippen molar-refractivity contribution in [3.8, 4) is 0 Å². The molecule has 102 valence electrons. The summed E-state index contributed by atoms with van der Waals surface area (Å²) < 4.78 is 6.60. The van der Waals surface area contributed by atoms with Crippen LogP contribution in [0.2, 0.25) is 0 Å². The maximum Gasteiger partial charge on any atom is 0.134 e. The average Bonchev–Trinajstić information content (AvgIpc) is 2.85. The number of nitrogens with zero attached hydrogens (tertiary/aromatic N) is 2. The van der Waals surface area contributed by atoms with Crippen LogP contribution in [0.1, 0.15) is 11.1 Å². The third kappa shape index (κ3) is 2.43. The number of hydrogen-bond donors (Lipinski definition) is 0. The lowest BCUT2D eigenvalue weighted by Crippen LogP contribution is -2.17. The zero-order valence-corrected chi connectivity index (χ0v) is 13.0. The highest BCUT2D eigenvalue weighted by Gasteiger charge is 2.10. The monoisotopic (exact) mass is 330 g/mol. The Kier molecular flexibility index (Phi) is 3.49. The first-order chi connectivity index (χ1) is 9.65. The van der Waals surface area contributed by atoms with Crippen LogP contribution in [0.15, 0.2) is 51.7 Å². The highest BCUT2D eigenvalue weighted by molar-refractivity contribution is 9.10. The SMILES string of the molecule is Cc1cc(N(C)Cc2coc3ccccc23)ncc1Br. The van der Waals surface area contributed by atoms with Gasteiger partial charge in [-0.25, -0.2) is 4.98 Å². The number of halogens is 1. The molecule has 0 saturated carbocycles. The van der Waals surface area contributed by atoms with Crippen molar-refractivity contribution in [3.63, 3.8) is 0 Å². The maximum absolute atomic E-state index is 5.57. The molecule has 0 radical (unpaired) electrons. The minimum Gasteiger partial charge on any atom is -0.464 e. The van der Waals surface area contributed by atoms with E-state index < -0.39 is 0 Å². The average molecular weight is 331 g/mol. The summed E-state index contributed by atoms with van der Waals surface area (Å²) >= 11 is 3.48. The molecule has 0 bridgehead atoms. The van der Waals surface area contributed by atoms with E-state index >= 15 is 0 Å². The van der Waals surface area contributed by atoms with Gasteiger partial charge in [-0.2, -0.15) is 0 Å². The predicted octanol–water partition coefficient (Wildman–Crippen LogP) is 4.54. The smallest absolute Gasteiger partial charge is 0.134 e. The van der Waals surface area contributed by atoms with Gasteiger partial charge in [0.15, 0.2) is 0 Å². The van der Waals surface area contributed by atoms with Gasteiger partial charge in [0.05, 0.1) is 6.26 Å². The van der Waals surface area contributed by atoms with Crippen LogP contribution in [0.4, 0.5) is 5.82 Å². The lowest BCUT2D eigenvalue weighted by Gasteiger charge is -2.18. The van der Waals surface area contributed by atoms with Crippen molar-refractivity contribution < 1.29 is 4.42 Å². The second kappa shape index (κ2) is 5.29. The number of aromatic nitrogens is 1. The van der Waals surface area contributed by atoms with Crippen molar-refractivity contribution in [2.75, 3.05) is 11.9 Å². The topological polar surface area (TPSA) is 29.3 Å². The number of rotatable bonds is 3. The summed E-state index contributed by atoms with van der Waals surface area (Å²) in [6, 6.07) is 10.2. The van der Waals surface area contributed by atoms with E-state index in [1.807, 2.05) is 37.7 Å². The fourth-order valence-corrected chi connectivity index (χ4v) is 2.44. The van der Waals surface area contributed by atoms with Crippen molar-refractivity contribution in [2.45, 2.75) is 13.5 Å². The summed E-state index contributed by atoms with van der Waals surface area (Å²) in [5, 5.41) is 1.16. The van der Waals surface area contributed by atoms with Crippen LogP contribution >= 0.6 is 15.9 Å². The van der Waals surface area contributed by atoms with Gasteiger partial charge < -0.3 is 9.32 Å². The molecule has 1 aromatic carbocycles. The first-order valence-electron chi connectivity index (χ1n) is 6.43. The van der Waals surface area contributed by atoms with E-state index in [-0.39, 0.29) is 0 Å². The normalized spacial score (nSPS) is 10.9. The van der Waals surface area contributed by atoms with E-state index in [1.54, 1.807) is 0 Å². The van der Waals surface area contributed by atoms with Crippen LogP contribution in [0.5, 0.6) is 0 Å².